The third-order valence-electron chi connectivity index (χ3n) is 3.24. The number of hydrogen-bond donors (Lipinski definition) is 1. The lowest BCUT2D eigenvalue weighted by Crippen LogP contribution is -2.37. The third-order valence-corrected chi connectivity index (χ3v) is 4.59. The van der Waals surface area contributed by atoms with Gasteiger partial charge in [0.1, 0.15) is 10.6 Å². The maximum absolute atomic E-state index is 11.9. The third kappa shape index (κ3) is 5.21. The topological polar surface area (TPSA) is 72.5 Å². The fraction of sp³-hybridized carbons (Fsp3) is 0.500. The molecule has 1 aromatic rings. The van der Waals surface area contributed by atoms with Crippen molar-refractivity contribution in [2.45, 2.75) is 38.1 Å². The standard InChI is InChI=1S/C14H20ClNO4S/c1-9(2)10(3)16-14(17)8-11-5-6-12(20-4)13(7-11)21(15,18)19/h5-7,9-10H,8H2,1-4H3,(H,16,17). The fourth-order valence-electron chi connectivity index (χ4n) is 1.68. The Balaban J connectivity index is 2.93. The molecular weight excluding hydrogens is 314 g/mol. The molecule has 1 unspecified atom stereocenters. The van der Waals surface area contributed by atoms with Crippen molar-refractivity contribution in [1.29, 1.82) is 0 Å². The van der Waals surface area contributed by atoms with E-state index in [9.17, 15) is 13.2 Å². The predicted octanol–water partition coefficient (Wildman–Crippen LogP) is 2.33. The van der Waals surface area contributed by atoms with E-state index in [1.54, 1.807) is 6.07 Å². The number of carbonyl (C=O) groups excluding carboxylic acids is 1. The van der Waals surface area contributed by atoms with Crippen LogP contribution in [0.3, 0.4) is 0 Å². The average Bonchev–Trinajstić information content (AvgIpc) is 2.37. The molecule has 0 saturated heterocycles. The van der Waals surface area contributed by atoms with Crippen LogP contribution in [0.1, 0.15) is 26.3 Å². The van der Waals surface area contributed by atoms with Crippen molar-refractivity contribution in [3.63, 3.8) is 0 Å². The van der Waals surface area contributed by atoms with Crippen molar-refractivity contribution in [2.75, 3.05) is 7.11 Å². The number of carbonyl (C=O) groups is 1. The summed E-state index contributed by atoms with van der Waals surface area (Å²) in [7, 11) is 2.80. The highest BCUT2D eigenvalue weighted by Crippen LogP contribution is 2.27. The second kappa shape index (κ2) is 7.13. The SMILES string of the molecule is COc1ccc(CC(=O)NC(C)C(C)C)cc1S(=O)(=O)Cl. The molecule has 0 radical (unpaired) electrons. The summed E-state index contributed by atoms with van der Waals surface area (Å²) in [6.07, 6.45) is 0.0838. The van der Waals surface area contributed by atoms with Crippen LogP contribution in [0, 0.1) is 5.92 Å². The molecule has 0 aliphatic heterocycles. The summed E-state index contributed by atoms with van der Waals surface area (Å²) >= 11 is 0. The number of methoxy groups -OCH3 is 1. The summed E-state index contributed by atoms with van der Waals surface area (Å²) < 4.78 is 28.0. The van der Waals surface area contributed by atoms with Crippen LogP contribution in [-0.4, -0.2) is 27.5 Å². The normalized spacial score (nSPS) is 13.0. The second-order valence-electron chi connectivity index (χ2n) is 5.20. The van der Waals surface area contributed by atoms with E-state index in [0.29, 0.717) is 11.5 Å². The van der Waals surface area contributed by atoms with E-state index >= 15 is 0 Å². The van der Waals surface area contributed by atoms with Gasteiger partial charge in [-0.2, -0.15) is 0 Å². The Morgan fingerprint density at radius 3 is 2.43 bits per heavy atom. The van der Waals surface area contributed by atoms with Crippen molar-refractivity contribution in [3.05, 3.63) is 23.8 Å². The van der Waals surface area contributed by atoms with Gasteiger partial charge in [0.25, 0.3) is 9.05 Å². The van der Waals surface area contributed by atoms with E-state index in [0.717, 1.165) is 0 Å². The molecular formula is C14H20ClNO4S. The zero-order valence-electron chi connectivity index (χ0n) is 12.5. The van der Waals surface area contributed by atoms with Crippen LogP contribution in [-0.2, 0) is 20.3 Å². The van der Waals surface area contributed by atoms with Crippen LogP contribution in [0.15, 0.2) is 23.1 Å². The summed E-state index contributed by atoms with van der Waals surface area (Å²) in [4.78, 5) is 11.8. The molecule has 0 saturated carbocycles. The first kappa shape index (κ1) is 17.8. The second-order valence-corrected chi connectivity index (χ2v) is 7.73. The van der Waals surface area contributed by atoms with Crippen molar-refractivity contribution in [3.8, 4) is 5.75 Å². The number of amides is 1. The van der Waals surface area contributed by atoms with Gasteiger partial charge >= 0.3 is 0 Å². The molecule has 1 rings (SSSR count). The predicted molar refractivity (Wildman–Crippen MR) is 82.2 cm³/mol. The summed E-state index contributed by atoms with van der Waals surface area (Å²) in [5, 5.41) is 2.86. The maximum Gasteiger partial charge on any atom is 0.264 e. The first-order valence-corrected chi connectivity index (χ1v) is 8.87. The van der Waals surface area contributed by atoms with Crippen LogP contribution >= 0.6 is 10.7 Å². The smallest absolute Gasteiger partial charge is 0.264 e. The van der Waals surface area contributed by atoms with E-state index in [1.807, 2.05) is 20.8 Å². The van der Waals surface area contributed by atoms with Crippen molar-refractivity contribution in [2.24, 2.45) is 5.92 Å². The lowest BCUT2D eigenvalue weighted by atomic mass is 10.1. The van der Waals surface area contributed by atoms with Crippen molar-refractivity contribution >= 4 is 25.6 Å². The van der Waals surface area contributed by atoms with Crippen LogP contribution in [0.5, 0.6) is 5.75 Å². The van der Waals surface area contributed by atoms with Gasteiger partial charge in [0.2, 0.25) is 5.91 Å². The van der Waals surface area contributed by atoms with Gasteiger partial charge < -0.3 is 10.1 Å². The maximum atomic E-state index is 11.9. The van der Waals surface area contributed by atoms with E-state index in [1.165, 1.54) is 19.2 Å². The summed E-state index contributed by atoms with van der Waals surface area (Å²) in [6, 6.07) is 4.54. The minimum Gasteiger partial charge on any atom is -0.495 e. The average molecular weight is 334 g/mol. The molecule has 0 fully saturated rings. The van der Waals surface area contributed by atoms with Gasteiger partial charge in [0.15, 0.2) is 0 Å². The molecule has 0 aliphatic carbocycles. The van der Waals surface area contributed by atoms with Gasteiger partial charge in [-0.25, -0.2) is 8.42 Å². The lowest BCUT2D eigenvalue weighted by molar-refractivity contribution is -0.121. The molecule has 0 spiro atoms. The molecule has 0 heterocycles. The summed E-state index contributed by atoms with van der Waals surface area (Å²) in [5.74, 6) is 0.313. The Morgan fingerprint density at radius 2 is 1.95 bits per heavy atom. The van der Waals surface area contributed by atoms with E-state index in [-0.39, 0.29) is 29.0 Å². The Morgan fingerprint density at radius 1 is 1.33 bits per heavy atom. The Hall–Kier alpha value is -1.27. The quantitative estimate of drug-likeness (QED) is 0.811. The van der Waals surface area contributed by atoms with Gasteiger partial charge in [0, 0.05) is 16.7 Å². The molecule has 118 valence electrons. The zero-order valence-corrected chi connectivity index (χ0v) is 14.1. The number of rotatable bonds is 6. The summed E-state index contributed by atoms with van der Waals surface area (Å²) in [5.41, 5.74) is 0.559. The van der Waals surface area contributed by atoms with Gasteiger partial charge in [0.05, 0.1) is 13.5 Å². The molecule has 1 N–H and O–H groups in total. The van der Waals surface area contributed by atoms with E-state index in [2.05, 4.69) is 5.32 Å². The molecule has 1 amide bonds. The molecule has 0 bridgehead atoms. The van der Waals surface area contributed by atoms with Crippen LogP contribution in [0.25, 0.3) is 0 Å². The molecule has 0 aromatic heterocycles. The van der Waals surface area contributed by atoms with Gasteiger partial charge in [-0.05, 0) is 30.5 Å². The number of benzene rings is 1. The summed E-state index contributed by atoms with van der Waals surface area (Å²) in [6.45, 7) is 5.94. The van der Waals surface area contributed by atoms with Gasteiger partial charge in [-0.15, -0.1) is 0 Å². The molecule has 1 atom stereocenters. The van der Waals surface area contributed by atoms with Crippen molar-refractivity contribution in [1.82, 2.24) is 5.32 Å². The largest absolute Gasteiger partial charge is 0.495 e. The van der Waals surface area contributed by atoms with Gasteiger partial charge in [-0.1, -0.05) is 19.9 Å². The Bertz CT molecular complexity index is 613. The van der Waals surface area contributed by atoms with Crippen LogP contribution in [0.4, 0.5) is 0 Å². The lowest BCUT2D eigenvalue weighted by Gasteiger charge is -2.17. The molecule has 5 nitrogen and oxygen atoms in total. The number of halogens is 1. The highest BCUT2D eigenvalue weighted by molar-refractivity contribution is 8.13. The first-order valence-electron chi connectivity index (χ1n) is 6.56. The van der Waals surface area contributed by atoms with E-state index in [4.69, 9.17) is 15.4 Å². The first-order chi connectivity index (χ1) is 9.65. The molecule has 0 aliphatic rings. The number of hydrogen-bond acceptors (Lipinski definition) is 4. The minimum atomic E-state index is -3.92. The number of ether oxygens (including phenoxy) is 1. The molecule has 7 heteroatoms. The van der Waals surface area contributed by atoms with E-state index < -0.39 is 9.05 Å². The Kier molecular flexibility index (Phi) is 6.04. The van der Waals surface area contributed by atoms with Crippen LogP contribution in [0.2, 0.25) is 0 Å². The highest BCUT2D eigenvalue weighted by atomic mass is 35.7. The van der Waals surface area contributed by atoms with Crippen molar-refractivity contribution < 1.29 is 17.9 Å². The van der Waals surface area contributed by atoms with Crippen LogP contribution < -0.4 is 10.1 Å². The van der Waals surface area contributed by atoms with Gasteiger partial charge in [-0.3, -0.25) is 4.79 Å². The fourth-order valence-corrected chi connectivity index (χ4v) is 2.72. The monoisotopic (exact) mass is 333 g/mol. The highest BCUT2D eigenvalue weighted by Gasteiger charge is 2.18. The molecule has 21 heavy (non-hydrogen) atoms. The Labute approximate surface area is 130 Å². The molecule has 1 aromatic carbocycles. The number of nitrogens with one attached hydrogen (secondary N) is 1. The minimum absolute atomic E-state index is 0.0481. The zero-order chi connectivity index (χ0) is 16.2.